The topological polar surface area (TPSA) is 66.1 Å². The molecule has 0 radical (unpaired) electrons. The van der Waals surface area contributed by atoms with Crippen molar-refractivity contribution in [2.24, 2.45) is 34.2 Å². The van der Waals surface area contributed by atoms with E-state index in [1.54, 1.807) is 6.07 Å². The molecule has 3 aliphatic carbocycles. The van der Waals surface area contributed by atoms with Crippen molar-refractivity contribution in [3.05, 3.63) is 30.0 Å². The molecule has 2 heterocycles. The van der Waals surface area contributed by atoms with Gasteiger partial charge in [0.2, 0.25) is 0 Å². The first kappa shape index (κ1) is 14.0. The Hall–Kier alpha value is -2.37. The standard InChI is InChI=1S/C18H19N3O3/c1-20(2)13-6-3-10(24-13)9-19-21-16(22)14-11-4-5-12(15(14)17(21)23)18(11)7-8-18/h3-6,9,11-12,14-15H,7-8H2,1-2H3/b19-9-/t11-,12-,14+,15+/m1/s1. The second kappa shape index (κ2) is 4.37. The lowest BCUT2D eigenvalue weighted by molar-refractivity contribution is -0.141. The van der Waals surface area contributed by atoms with Crippen LogP contribution in [0.25, 0.3) is 0 Å². The van der Waals surface area contributed by atoms with Crippen LogP contribution in [-0.4, -0.2) is 37.1 Å². The molecule has 5 rings (SSSR count). The Morgan fingerprint density at radius 3 is 2.29 bits per heavy atom. The zero-order valence-electron chi connectivity index (χ0n) is 13.7. The molecule has 4 aliphatic rings. The van der Waals surface area contributed by atoms with Crippen LogP contribution in [0.1, 0.15) is 18.6 Å². The highest BCUT2D eigenvalue weighted by molar-refractivity contribution is 6.07. The SMILES string of the molecule is CN(C)c1ccc(/C=N\N2C(=O)[C@@H]3[C@@H](C2=O)[C@H]2C=C[C@H]3C23CC3)o1. The van der Waals surface area contributed by atoms with Gasteiger partial charge < -0.3 is 9.32 Å². The zero-order chi connectivity index (χ0) is 16.6. The lowest BCUT2D eigenvalue weighted by Crippen LogP contribution is -2.30. The van der Waals surface area contributed by atoms with E-state index in [2.05, 4.69) is 17.3 Å². The summed E-state index contributed by atoms with van der Waals surface area (Å²) in [6, 6.07) is 3.60. The Morgan fingerprint density at radius 2 is 1.79 bits per heavy atom. The van der Waals surface area contributed by atoms with E-state index in [-0.39, 0.29) is 40.9 Å². The smallest absolute Gasteiger partial charge is 0.254 e. The minimum atomic E-state index is -0.207. The molecule has 0 aromatic carbocycles. The maximum atomic E-state index is 12.8. The average Bonchev–Trinajstić information content (AvgIpc) is 2.84. The second-order valence-corrected chi connectivity index (χ2v) is 7.52. The molecule has 6 heteroatoms. The lowest BCUT2D eigenvalue weighted by Gasteiger charge is -2.18. The van der Waals surface area contributed by atoms with Crippen molar-refractivity contribution < 1.29 is 14.0 Å². The minimum Gasteiger partial charge on any atom is -0.440 e. The summed E-state index contributed by atoms with van der Waals surface area (Å²) in [5, 5.41) is 5.21. The molecule has 1 spiro atoms. The van der Waals surface area contributed by atoms with E-state index in [4.69, 9.17) is 4.42 Å². The second-order valence-electron chi connectivity index (χ2n) is 7.52. The summed E-state index contributed by atoms with van der Waals surface area (Å²) in [5.74, 6) is 0.970. The van der Waals surface area contributed by atoms with E-state index >= 15 is 0 Å². The third-order valence-corrected chi connectivity index (χ3v) is 6.18. The number of amides is 2. The van der Waals surface area contributed by atoms with Crippen molar-refractivity contribution in [3.63, 3.8) is 0 Å². The quantitative estimate of drug-likeness (QED) is 0.483. The van der Waals surface area contributed by atoms with Crippen LogP contribution in [0.5, 0.6) is 0 Å². The van der Waals surface area contributed by atoms with Crippen molar-refractivity contribution in [1.82, 2.24) is 5.01 Å². The van der Waals surface area contributed by atoms with Gasteiger partial charge in [0, 0.05) is 20.2 Å². The van der Waals surface area contributed by atoms with E-state index in [1.165, 1.54) is 6.21 Å². The zero-order valence-corrected chi connectivity index (χ0v) is 13.7. The summed E-state index contributed by atoms with van der Waals surface area (Å²) in [7, 11) is 3.76. The minimum absolute atomic E-state index is 0.149. The highest BCUT2D eigenvalue weighted by atomic mass is 16.4. The van der Waals surface area contributed by atoms with Gasteiger partial charge in [0.1, 0.15) is 5.76 Å². The first-order chi connectivity index (χ1) is 11.5. The van der Waals surface area contributed by atoms with Crippen molar-refractivity contribution in [2.75, 3.05) is 19.0 Å². The van der Waals surface area contributed by atoms with Crippen LogP contribution in [0.4, 0.5) is 5.88 Å². The molecule has 4 atom stereocenters. The van der Waals surface area contributed by atoms with E-state index in [0.29, 0.717) is 11.6 Å². The molecule has 0 N–H and O–H groups in total. The number of hydrogen-bond donors (Lipinski definition) is 0. The summed E-state index contributed by atoms with van der Waals surface area (Å²) >= 11 is 0. The molecule has 1 aromatic heterocycles. The summed E-state index contributed by atoms with van der Waals surface area (Å²) in [6.45, 7) is 0. The van der Waals surface area contributed by atoms with Gasteiger partial charge in [0.25, 0.3) is 11.8 Å². The molecule has 0 unspecified atom stereocenters. The van der Waals surface area contributed by atoms with E-state index in [0.717, 1.165) is 17.9 Å². The van der Waals surface area contributed by atoms with E-state index in [1.807, 2.05) is 25.1 Å². The van der Waals surface area contributed by atoms with E-state index in [9.17, 15) is 9.59 Å². The van der Waals surface area contributed by atoms with Gasteiger partial charge in [-0.3, -0.25) is 9.59 Å². The number of fused-ring (bicyclic) bond motifs is 3. The summed E-state index contributed by atoms with van der Waals surface area (Å²) < 4.78 is 5.58. The van der Waals surface area contributed by atoms with Crippen molar-refractivity contribution in [1.29, 1.82) is 0 Å². The molecular formula is C18H19N3O3. The van der Waals surface area contributed by atoms with Crippen molar-refractivity contribution in [3.8, 4) is 0 Å². The van der Waals surface area contributed by atoms with Crippen LogP contribution >= 0.6 is 0 Å². The molecule has 2 saturated carbocycles. The van der Waals surface area contributed by atoms with Gasteiger partial charge in [-0.1, -0.05) is 12.2 Å². The largest absolute Gasteiger partial charge is 0.440 e. The Labute approximate surface area is 139 Å². The van der Waals surface area contributed by atoms with Crippen LogP contribution < -0.4 is 4.90 Å². The number of furan rings is 1. The van der Waals surface area contributed by atoms with Crippen LogP contribution in [0.2, 0.25) is 0 Å². The molecule has 24 heavy (non-hydrogen) atoms. The first-order valence-electron chi connectivity index (χ1n) is 8.40. The summed E-state index contributed by atoms with van der Waals surface area (Å²) in [4.78, 5) is 27.4. The Balaban J connectivity index is 1.40. The van der Waals surface area contributed by atoms with Crippen LogP contribution in [0, 0.1) is 29.1 Å². The molecule has 6 nitrogen and oxygen atoms in total. The third kappa shape index (κ3) is 1.58. The van der Waals surface area contributed by atoms with Gasteiger partial charge in [-0.05, 0) is 36.2 Å². The first-order valence-corrected chi connectivity index (χ1v) is 8.40. The summed E-state index contributed by atoms with van der Waals surface area (Å²) in [5.41, 5.74) is 0.220. The normalized spacial score (nSPS) is 34.8. The number of nitrogens with zero attached hydrogens (tertiary/aromatic N) is 3. The van der Waals surface area contributed by atoms with E-state index < -0.39 is 0 Å². The monoisotopic (exact) mass is 325 g/mol. The maximum Gasteiger partial charge on any atom is 0.254 e. The fourth-order valence-electron chi connectivity index (χ4n) is 4.94. The predicted molar refractivity (Wildman–Crippen MR) is 87.2 cm³/mol. The van der Waals surface area contributed by atoms with Gasteiger partial charge in [-0.15, -0.1) is 0 Å². The number of carbonyl (C=O) groups excluding carboxylic acids is 2. The third-order valence-electron chi connectivity index (χ3n) is 6.18. The van der Waals surface area contributed by atoms with Crippen LogP contribution in [-0.2, 0) is 9.59 Å². The highest BCUT2D eigenvalue weighted by Crippen LogP contribution is 2.73. The van der Waals surface area contributed by atoms with Crippen LogP contribution in [0.3, 0.4) is 0 Å². The predicted octanol–water partition coefficient (Wildman–Crippen LogP) is 1.88. The molecular weight excluding hydrogens is 306 g/mol. The molecule has 124 valence electrons. The molecule has 1 saturated heterocycles. The van der Waals surface area contributed by atoms with Gasteiger partial charge in [0.15, 0.2) is 5.88 Å². The number of rotatable bonds is 3. The van der Waals surface area contributed by atoms with Crippen molar-refractivity contribution >= 4 is 23.9 Å². The fraction of sp³-hybridized carbons (Fsp3) is 0.500. The molecule has 2 bridgehead atoms. The number of hydrogen-bond acceptors (Lipinski definition) is 5. The van der Waals surface area contributed by atoms with Gasteiger partial charge in [-0.2, -0.15) is 10.1 Å². The van der Waals surface area contributed by atoms with Gasteiger partial charge in [0.05, 0.1) is 18.1 Å². The van der Waals surface area contributed by atoms with Crippen molar-refractivity contribution in [2.45, 2.75) is 12.8 Å². The Kier molecular flexibility index (Phi) is 2.55. The number of allylic oxidation sites excluding steroid dienone is 2. The lowest BCUT2D eigenvalue weighted by atomic mass is 9.85. The molecule has 2 amide bonds. The van der Waals surface area contributed by atoms with Crippen LogP contribution in [0.15, 0.2) is 33.8 Å². The number of imide groups is 1. The molecule has 3 fully saturated rings. The van der Waals surface area contributed by atoms with Gasteiger partial charge in [-0.25, -0.2) is 0 Å². The Bertz CT molecular complexity index is 768. The summed E-state index contributed by atoms with van der Waals surface area (Å²) in [6.07, 6.45) is 8.06. The molecule has 1 aromatic rings. The number of anilines is 1. The number of hydrazone groups is 1. The highest BCUT2D eigenvalue weighted by Gasteiger charge is 2.73. The maximum absolute atomic E-state index is 12.8. The number of carbonyl (C=O) groups is 2. The van der Waals surface area contributed by atoms with Gasteiger partial charge >= 0.3 is 0 Å². The fourth-order valence-corrected chi connectivity index (χ4v) is 4.94. The Morgan fingerprint density at radius 1 is 1.17 bits per heavy atom. The average molecular weight is 325 g/mol. The molecule has 1 aliphatic heterocycles.